The van der Waals surface area contributed by atoms with Crippen LogP contribution in [0, 0.1) is 12.8 Å². The summed E-state index contributed by atoms with van der Waals surface area (Å²) in [6, 6.07) is 10.6. The van der Waals surface area contributed by atoms with E-state index in [-0.39, 0.29) is 33.7 Å². The molecule has 0 amide bonds. The Morgan fingerprint density at radius 2 is 1.56 bits per heavy atom. The first-order valence-electron chi connectivity index (χ1n) is 10.0. The van der Waals surface area contributed by atoms with E-state index in [1.807, 2.05) is 20.8 Å². The quantitative estimate of drug-likeness (QED) is 0.315. The maximum Gasteiger partial charge on any atom is 0.243 e. The first kappa shape index (κ1) is 25.8. The van der Waals surface area contributed by atoms with E-state index in [9.17, 15) is 21.9 Å². The van der Waals surface area contributed by atoms with Crippen LogP contribution in [-0.4, -0.2) is 51.5 Å². The molecular formula is C21H28N4O5S2. The molecule has 9 nitrogen and oxygen atoms in total. The highest BCUT2D eigenvalue weighted by Crippen LogP contribution is 2.26. The minimum Gasteiger partial charge on any atom is -0.391 e. The summed E-state index contributed by atoms with van der Waals surface area (Å²) >= 11 is 0. The Morgan fingerprint density at radius 1 is 0.969 bits per heavy atom. The average Bonchev–Trinajstić information content (AvgIpc) is 2.73. The van der Waals surface area contributed by atoms with Crippen LogP contribution in [0.4, 0.5) is 0 Å². The van der Waals surface area contributed by atoms with Crippen molar-refractivity contribution in [3.05, 3.63) is 64.5 Å². The molecule has 32 heavy (non-hydrogen) atoms. The number of nitrogens with zero attached hydrogens (tertiary/aromatic N) is 4. The molecule has 0 aliphatic carbocycles. The van der Waals surface area contributed by atoms with Crippen LogP contribution < -0.4 is 0 Å². The molecule has 0 aromatic heterocycles. The number of hydrogen-bond donors (Lipinski definition) is 1. The largest absolute Gasteiger partial charge is 0.391 e. The topological polar surface area (TPSA) is 141 Å². The Morgan fingerprint density at radius 3 is 2.12 bits per heavy atom. The standard InChI is InChI=1S/C21H28N4O5S2/c1-15(2)13-25(14-21(26)17(4)23-24-22)32(29,30)20-7-5-6-19(12-20)31(27,28)18-10-8-16(3)9-11-18/h5-12,15,17,21,26H,13-14H2,1-4H3/t17-,21?/m0/s1. The fraction of sp³-hybridized carbons (Fsp3) is 0.429. The number of aliphatic hydroxyl groups is 1. The van der Waals surface area contributed by atoms with E-state index in [0.717, 1.165) is 15.9 Å². The number of rotatable bonds is 10. The summed E-state index contributed by atoms with van der Waals surface area (Å²) in [6.07, 6.45) is -1.22. The van der Waals surface area contributed by atoms with Crippen LogP contribution in [0.5, 0.6) is 0 Å². The van der Waals surface area contributed by atoms with Gasteiger partial charge in [0.15, 0.2) is 0 Å². The van der Waals surface area contributed by atoms with E-state index in [0.29, 0.717) is 0 Å². The number of aryl methyl sites for hydroxylation is 1. The molecule has 0 spiro atoms. The van der Waals surface area contributed by atoms with E-state index >= 15 is 0 Å². The van der Waals surface area contributed by atoms with Gasteiger partial charge < -0.3 is 5.11 Å². The SMILES string of the molecule is Cc1ccc(S(=O)(=O)c2cccc(S(=O)(=O)N(CC(C)C)CC(O)[C@H](C)N=[N+]=[N-])c2)cc1. The maximum atomic E-state index is 13.4. The van der Waals surface area contributed by atoms with Gasteiger partial charge in [-0.1, -0.05) is 49.6 Å². The average molecular weight is 481 g/mol. The molecule has 2 atom stereocenters. The minimum absolute atomic E-state index is 0.0637. The van der Waals surface area contributed by atoms with E-state index in [4.69, 9.17) is 5.53 Å². The second-order valence-corrected chi connectivity index (χ2v) is 11.9. The Bertz CT molecular complexity index is 1190. The van der Waals surface area contributed by atoms with Crippen LogP contribution in [0.3, 0.4) is 0 Å². The number of hydrogen-bond acceptors (Lipinski definition) is 6. The van der Waals surface area contributed by atoms with Crippen LogP contribution in [-0.2, 0) is 19.9 Å². The highest BCUT2D eigenvalue weighted by molar-refractivity contribution is 7.91. The first-order chi connectivity index (χ1) is 14.9. The van der Waals surface area contributed by atoms with Gasteiger partial charge in [-0.05, 0) is 48.7 Å². The van der Waals surface area contributed by atoms with Gasteiger partial charge >= 0.3 is 0 Å². The van der Waals surface area contributed by atoms with Gasteiger partial charge in [0.25, 0.3) is 0 Å². The molecule has 0 saturated carbocycles. The van der Waals surface area contributed by atoms with Crippen LogP contribution >= 0.6 is 0 Å². The predicted molar refractivity (Wildman–Crippen MR) is 121 cm³/mol. The molecule has 0 saturated heterocycles. The fourth-order valence-corrected chi connectivity index (χ4v) is 6.05. The molecule has 0 radical (unpaired) electrons. The molecule has 2 rings (SSSR count). The minimum atomic E-state index is -4.14. The lowest BCUT2D eigenvalue weighted by Crippen LogP contribution is -2.42. The lowest BCUT2D eigenvalue weighted by Gasteiger charge is -2.27. The van der Waals surface area contributed by atoms with Gasteiger partial charge in [0.05, 0.1) is 26.8 Å². The summed E-state index contributed by atoms with van der Waals surface area (Å²) in [5.41, 5.74) is 9.48. The number of sulfonamides is 1. The Balaban J connectivity index is 2.47. The summed E-state index contributed by atoms with van der Waals surface area (Å²) in [5, 5.41) is 13.8. The zero-order valence-electron chi connectivity index (χ0n) is 18.5. The van der Waals surface area contributed by atoms with E-state index < -0.39 is 32.0 Å². The third kappa shape index (κ3) is 6.08. The molecular weight excluding hydrogens is 452 g/mol. The second kappa shape index (κ2) is 10.5. The third-order valence-corrected chi connectivity index (χ3v) is 8.43. The smallest absolute Gasteiger partial charge is 0.243 e. The van der Waals surface area contributed by atoms with E-state index in [1.54, 1.807) is 12.1 Å². The van der Waals surface area contributed by atoms with Crippen molar-refractivity contribution in [2.45, 2.75) is 54.5 Å². The van der Waals surface area contributed by atoms with Crippen molar-refractivity contribution >= 4 is 19.9 Å². The summed E-state index contributed by atoms with van der Waals surface area (Å²) in [6.45, 7) is 6.77. The molecule has 174 valence electrons. The lowest BCUT2D eigenvalue weighted by atomic mass is 10.2. The molecule has 1 unspecified atom stereocenters. The first-order valence-corrected chi connectivity index (χ1v) is 13.0. The Kier molecular flexibility index (Phi) is 8.44. The van der Waals surface area contributed by atoms with Gasteiger partial charge in [-0.25, -0.2) is 16.8 Å². The van der Waals surface area contributed by atoms with Crippen molar-refractivity contribution in [3.63, 3.8) is 0 Å². The number of azide groups is 1. The molecule has 11 heteroatoms. The molecule has 1 N–H and O–H groups in total. The maximum absolute atomic E-state index is 13.4. The van der Waals surface area contributed by atoms with E-state index in [2.05, 4.69) is 10.0 Å². The van der Waals surface area contributed by atoms with Crippen molar-refractivity contribution in [1.82, 2.24) is 4.31 Å². The summed E-state index contributed by atoms with van der Waals surface area (Å²) in [5.74, 6) is -0.0637. The van der Waals surface area contributed by atoms with Crippen LogP contribution in [0.15, 0.2) is 68.3 Å². The van der Waals surface area contributed by atoms with Crippen LogP contribution in [0.2, 0.25) is 0 Å². The van der Waals surface area contributed by atoms with Crippen molar-refractivity contribution in [2.24, 2.45) is 11.0 Å². The predicted octanol–water partition coefficient (Wildman–Crippen LogP) is 3.53. The zero-order valence-corrected chi connectivity index (χ0v) is 20.1. The van der Waals surface area contributed by atoms with Crippen molar-refractivity contribution in [1.29, 1.82) is 0 Å². The molecule has 2 aromatic carbocycles. The monoisotopic (exact) mass is 480 g/mol. The lowest BCUT2D eigenvalue weighted by molar-refractivity contribution is 0.122. The van der Waals surface area contributed by atoms with Crippen LogP contribution in [0.1, 0.15) is 26.3 Å². The molecule has 0 heterocycles. The van der Waals surface area contributed by atoms with Gasteiger partial charge in [-0.3, -0.25) is 0 Å². The van der Waals surface area contributed by atoms with Gasteiger partial charge in [-0.15, -0.1) is 0 Å². The number of sulfone groups is 1. The number of benzene rings is 2. The molecule has 2 aromatic rings. The Hall–Kier alpha value is -2.43. The summed E-state index contributed by atoms with van der Waals surface area (Å²) < 4.78 is 53.8. The zero-order chi connectivity index (χ0) is 24.1. The van der Waals surface area contributed by atoms with Gasteiger partial charge in [0.1, 0.15) is 0 Å². The molecule has 0 aliphatic heterocycles. The van der Waals surface area contributed by atoms with Gasteiger partial charge in [0.2, 0.25) is 19.9 Å². The normalized spacial score (nSPS) is 14.2. The fourth-order valence-electron chi connectivity index (χ4n) is 3.00. The van der Waals surface area contributed by atoms with Gasteiger partial charge in [-0.2, -0.15) is 4.31 Å². The molecule has 0 bridgehead atoms. The van der Waals surface area contributed by atoms with Gasteiger partial charge in [0, 0.05) is 18.0 Å². The van der Waals surface area contributed by atoms with E-state index in [1.165, 1.54) is 37.3 Å². The molecule has 0 aliphatic rings. The second-order valence-electron chi connectivity index (χ2n) is 8.02. The highest BCUT2D eigenvalue weighted by atomic mass is 32.2. The summed E-state index contributed by atoms with van der Waals surface area (Å²) in [7, 11) is -8.06. The Labute approximate surface area is 189 Å². The summed E-state index contributed by atoms with van der Waals surface area (Å²) in [4.78, 5) is 2.37. The van der Waals surface area contributed by atoms with Crippen LogP contribution in [0.25, 0.3) is 10.4 Å². The van der Waals surface area contributed by atoms with Crippen molar-refractivity contribution in [3.8, 4) is 0 Å². The van der Waals surface area contributed by atoms with Crippen molar-refractivity contribution < 1.29 is 21.9 Å². The number of aliphatic hydroxyl groups excluding tert-OH is 1. The van der Waals surface area contributed by atoms with Crippen molar-refractivity contribution in [2.75, 3.05) is 13.1 Å². The highest BCUT2D eigenvalue weighted by Gasteiger charge is 2.30. The molecule has 0 fully saturated rings. The third-order valence-electron chi connectivity index (χ3n) is 4.83.